The van der Waals surface area contributed by atoms with Crippen molar-refractivity contribution in [2.45, 2.75) is 4.90 Å². The topological polar surface area (TPSA) is 75.8 Å². The number of hydrogen-bond donors (Lipinski definition) is 0. The molecule has 0 unspecified atom stereocenters. The number of nitrogens with zero attached hydrogens (tertiary/aromatic N) is 3. The molecular weight excluding hydrogens is 422 g/mol. The van der Waals surface area contributed by atoms with Crippen molar-refractivity contribution in [1.82, 2.24) is 9.78 Å². The molecule has 108 valence electrons. The minimum absolute atomic E-state index is 0.0357. The van der Waals surface area contributed by atoms with Crippen molar-refractivity contribution in [1.29, 1.82) is 5.26 Å². The SMILES string of the molecule is Cn1cc(/C=C(/C#N)S(=O)(=O)c2cc(Br)ccc2Br)cn1. The molecule has 1 heterocycles. The molecule has 0 fully saturated rings. The van der Waals surface area contributed by atoms with Gasteiger partial charge in [0.15, 0.2) is 0 Å². The van der Waals surface area contributed by atoms with E-state index in [-0.39, 0.29) is 9.80 Å². The van der Waals surface area contributed by atoms with Gasteiger partial charge in [0.05, 0.1) is 11.1 Å². The smallest absolute Gasteiger partial charge is 0.217 e. The van der Waals surface area contributed by atoms with Gasteiger partial charge in [-0.25, -0.2) is 8.42 Å². The molecule has 0 radical (unpaired) electrons. The van der Waals surface area contributed by atoms with Gasteiger partial charge >= 0.3 is 0 Å². The van der Waals surface area contributed by atoms with Gasteiger partial charge in [-0.1, -0.05) is 15.9 Å². The van der Waals surface area contributed by atoms with E-state index in [4.69, 9.17) is 0 Å². The molecule has 0 spiro atoms. The highest BCUT2D eigenvalue weighted by molar-refractivity contribution is 9.11. The summed E-state index contributed by atoms with van der Waals surface area (Å²) in [6.45, 7) is 0. The van der Waals surface area contributed by atoms with Gasteiger partial charge in [-0.2, -0.15) is 10.4 Å². The Morgan fingerprint density at radius 1 is 1.43 bits per heavy atom. The lowest BCUT2D eigenvalue weighted by Crippen LogP contribution is -2.04. The molecule has 8 heteroatoms. The number of benzene rings is 1. The number of halogens is 2. The number of sulfone groups is 1. The predicted octanol–water partition coefficient (Wildman–Crippen LogP) is 3.28. The maximum atomic E-state index is 12.6. The first-order valence-electron chi connectivity index (χ1n) is 5.65. The van der Waals surface area contributed by atoms with Crippen molar-refractivity contribution < 1.29 is 8.42 Å². The second-order valence-corrected chi connectivity index (χ2v) is 7.80. The average molecular weight is 431 g/mol. The molecule has 0 aliphatic carbocycles. The van der Waals surface area contributed by atoms with E-state index in [1.165, 1.54) is 23.0 Å². The Labute approximate surface area is 139 Å². The molecule has 1 aromatic heterocycles. The van der Waals surface area contributed by atoms with Gasteiger partial charge in [0.1, 0.15) is 11.0 Å². The standard InChI is InChI=1S/C13H9Br2N3O2S/c1-18-8-9(7-17-18)4-11(6-16)21(19,20)13-5-10(14)2-3-12(13)15/h2-5,7-8H,1H3/b11-4-. The quantitative estimate of drug-likeness (QED) is 0.700. The molecule has 21 heavy (non-hydrogen) atoms. The lowest BCUT2D eigenvalue weighted by molar-refractivity contribution is 0.603. The molecule has 2 aromatic rings. The van der Waals surface area contributed by atoms with E-state index in [0.29, 0.717) is 14.5 Å². The lowest BCUT2D eigenvalue weighted by Gasteiger charge is -2.06. The van der Waals surface area contributed by atoms with E-state index in [0.717, 1.165) is 0 Å². The van der Waals surface area contributed by atoms with Gasteiger partial charge in [-0.15, -0.1) is 0 Å². The van der Waals surface area contributed by atoms with Crippen LogP contribution in [0.25, 0.3) is 6.08 Å². The molecule has 5 nitrogen and oxygen atoms in total. The Kier molecular flexibility index (Phi) is 4.66. The summed E-state index contributed by atoms with van der Waals surface area (Å²) >= 11 is 6.43. The van der Waals surface area contributed by atoms with Crippen molar-refractivity contribution in [3.05, 3.63) is 50.0 Å². The molecule has 0 atom stereocenters. The zero-order valence-electron chi connectivity index (χ0n) is 10.8. The average Bonchev–Trinajstić information content (AvgIpc) is 2.84. The summed E-state index contributed by atoms with van der Waals surface area (Å²) in [6, 6.07) is 6.51. The van der Waals surface area contributed by atoms with Crippen LogP contribution in [0.15, 0.2) is 49.3 Å². The molecule has 0 saturated carbocycles. The summed E-state index contributed by atoms with van der Waals surface area (Å²) in [4.78, 5) is -0.303. The highest BCUT2D eigenvalue weighted by atomic mass is 79.9. The predicted molar refractivity (Wildman–Crippen MR) is 85.8 cm³/mol. The van der Waals surface area contributed by atoms with Gasteiger partial charge in [-0.05, 0) is 40.2 Å². The Morgan fingerprint density at radius 3 is 2.71 bits per heavy atom. The summed E-state index contributed by atoms with van der Waals surface area (Å²) < 4.78 is 27.7. The van der Waals surface area contributed by atoms with E-state index >= 15 is 0 Å². The normalized spacial score (nSPS) is 12.2. The van der Waals surface area contributed by atoms with Gasteiger partial charge in [0.25, 0.3) is 0 Å². The number of aromatic nitrogens is 2. The minimum Gasteiger partial charge on any atom is -0.275 e. The Bertz CT molecular complexity index is 864. The van der Waals surface area contributed by atoms with Crippen LogP contribution in [0.1, 0.15) is 5.56 Å². The van der Waals surface area contributed by atoms with Crippen molar-refractivity contribution in [2.75, 3.05) is 0 Å². The third-order valence-electron chi connectivity index (χ3n) is 2.61. The Hall–Kier alpha value is -1.43. The molecule has 0 aliphatic heterocycles. The fourth-order valence-corrected chi connectivity index (χ4v) is 4.29. The van der Waals surface area contributed by atoms with Crippen molar-refractivity contribution in [2.24, 2.45) is 7.05 Å². The zero-order valence-corrected chi connectivity index (χ0v) is 14.8. The van der Waals surface area contributed by atoms with Crippen LogP contribution in [0.5, 0.6) is 0 Å². The Morgan fingerprint density at radius 2 is 2.14 bits per heavy atom. The van der Waals surface area contributed by atoms with Crippen LogP contribution in [0.3, 0.4) is 0 Å². The van der Waals surface area contributed by atoms with Crippen LogP contribution in [0.4, 0.5) is 0 Å². The van der Waals surface area contributed by atoms with Crippen molar-refractivity contribution in [3.8, 4) is 6.07 Å². The molecule has 0 saturated heterocycles. The first-order chi connectivity index (χ1) is 9.84. The first-order valence-corrected chi connectivity index (χ1v) is 8.72. The highest BCUT2D eigenvalue weighted by Gasteiger charge is 2.24. The molecule has 1 aromatic carbocycles. The van der Waals surface area contributed by atoms with Gasteiger partial charge < -0.3 is 0 Å². The van der Waals surface area contributed by atoms with Crippen molar-refractivity contribution >= 4 is 47.8 Å². The fourth-order valence-electron chi connectivity index (χ4n) is 1.64. The van der Waals surface area contributed by atoms with Gasteiger partial charge in [0.2, 0.25) is 9.84 Å². The molecule has 0 amide bonds. The summed E-state index contributed by atoms with van der Waals surface area (Å²) in [5, 5.41) is 13.1. The van der Waals surface area contributed by atoms with Crippen LogP contribution in [0, 0.1) is 11.3 Å². The molecular formula is C13H9Br2N3O2S. The van der Waals surface area contributed by atoms with E-state index in [1.54, 1.807) is 31.4 Å². The second-order valence-electron chi connectivity index (χ2n) is 4.15. The monoisotopic (exact) mass is 429 g/mol. The largest absolute Gasteiger partial charge is 0.275 e. The molecule has 0 bridgehead atoms. The fraction of sp³-hybridized carbons (Fsp3) is 0.0769. The van der Waals surface area contributed by atoms with Crippen LogP contribution < -0.4 is 0 Å². The highest BCUT2D eigenvalue weighted by Crippen LogP contribution is 2.30. The maximum Gasteiger partial charge on any atom is 0.217 e. The number of aryl methyl sites for hydroxylation is 1. The number of hydrogen-bond acceptors (Lipinski definition) is 4. The zero-order chi connectivity index (χ0) is 15.6. The summed E-state index contributed by atoms with van der Waals surface area (Å²) in [5.74, 6) is 0. The number of rotatable bonds is 3. The number of allylic oxidation sites excluding steroid dienone is 1. The first kappa shape index (κ1) is 15.9. The van der Waals surface area contributed by atoms with E-state index in [1.807, 2.05) is 0 Å². The van der Waals surface area contributed by atoms with Gasteiger partial charge in [0, 0.05) is 27.8 Å². The van der Waals surface area contributed by atoms with E-state index in [2.05, 4.69) is 37.0 Å². The van der Waals surface area contributed by atoms with E-state index < -0.39 is 9.84 Å². The third kappa shape index (κ3) is 3.43. The summed E-state index contributed by atoms with van der Waals surface area (Å²) in [7, 11) is -2.20. The van der Waals surface area contributed by atoms with Crippen molar-refractivity contribution in [3.63, 3.8) is 0 Å². The third-order valence-corrected chi connectivity index (χ3v) is 5.76. The minimum atomic E-state index is -3.91. The maximum absolute atomic E-state index is 12.6. The van der Waals surface area contributed by atoms with E-state index in [9.17, 15) is 13.7 Å². The molecule has 0 aliphatic rings. The Balaban J connectivity index is 2.58. The molecule has 2 rings (SSSR count). The summed E-state index contributed by atoms with van der Waals surface area (Å²) in [5.41, 5.74) is 0.545. The number of nitriles is 1. The second kappa shape index (κ2) is 6.13. The van der Waals surface area contributed by atoms with Crippen LogP contribution in [0.2, 0.25) is 0 Å². The molecule has 0 N–H and O–H groups in total. The van der Waals surface area contributed by atoms with Crippen LogP contribution >= 0.6 is 31.9 Å². The van der Waals surface area contributed by atoms with Crippen LogP contribution in [-0.4, -0.2) is 18.2 Å². The summed E-state index contributed by atoms with van der Waals surface area (Å²) in [6.07, 6.45) is 4.42. The van der Waals surface area contributed by atoms with Crippen LogP contribution in [-0.2, 0) is 16.9 Å². The lowest BCUT2D eigenvalue weighted by atomic mass is 10.3. The van der Waals surface area contributed by atoms with Gasteiger partial charge in [-0.3, -0.25) is 4.68 Å².